The molecule has 1 saturated heterocycles. The van der Waals surface area contributed by atoms with Crippen molar-refractivity contribution in [1.29, 1.82) is 0 Å². The van der Waals surface area contributed by atoms with Crippen LogP contribution in [-0.2, 0) is 4.79 Å². The molecule has 1 aliphatic heterocycles. The summed E-state index contributed by atoms with van der Waals surface area (Å²) < 4.78 is 10.9. The van der Waals surface area contributed by atoms with E-state index >= 15 is 0 Å². The summed E-state index contributed by atoms with van der Waals surface area (Å²) in [6.45, 7) is 2.72. The highest BCUT2D eigenvalue weighted by atomic mass is 35.5. The van der Waals surface area contributed by atoms with E-state index in [0.29, 0.717) is 15.7 Å². The normalized spacial score (nSPS) is 18.0. The van der Waals surface area contributed by atoms with Crippen molar-refractivity contribution in [3.05, 3.63) is 52.0 Å². The number of amides is 1. The van der Waals surface area contributed by atoms with Crippen LogP contribution in [-0.4, -0.2) is 37.6 Å². The van der Waals surface area contributed by atoms with Gasteiger partial charge in [-0.25, -0.2) is 0 Å². The summed E-state index contributed by atoms with van der Waals surface area (Å²) in [5.74, 6) is 1.44. The number of carbonyl (C=O) groups is 1. The Balaban J connectivity index is 1.82. The number of likely N-dealkylation sites (tertiary alicyclic amines) is 1. The van der Waals surface area contributed by atoms with E-state index < -0.39 is 0 Å². The number of rotatable bonds is 6. The first-order valence-corrected chi connectivity index (χ1v) is 9.93. The first kappa shape index (κ1) is 20.8. The van der Waals surface area contributed by atoms with Crippen LogP contribution in [0.2, 0.25) is 10.0 Å². The second-order valence-electron chi connectivity index (χ2n) is 6.79. The molecule has 3 rings (SSSR count). The number of methoxy groups -OCH3 is 2. The lowest BCUT2D eigenvalue weighted by atomic mass is 10.0. The molecule has 150 valence electrons. The molecule has 0 aliphatic carbocycles. The lowest BCUT2D eigenvalue weighted by molar-refractivity contribution is -0.121. The highest BCUT2D eigenvalue weighted by molar-refractivity contribution is 6.35. The van der Waals surface area contributed by atoms with Crippen LogP contribution in [0.4, 0.5) is 5.69 Å². The monoisotopic (exact) mass is 422 g/mol. The molecule has 0 aromatic heterocycles. The van der Waals surface area contributed by atoms with Crippen LogP contribution in [0.15, 0.2) is 36.4 Å². The standard InChI is InChI=1S/C21H24Cl2N2O3/c1-13(21(26)24-18-11-14(22)6-8-17(18)23)25-10-4-5-19(25)16-12-15(27-2)7-9-20(16)28-3/h6-9,11-13,19H,4-5,10H2,1-3H3,(H,24,26)/t13-,19+/m0/s1. The van der Waals surface area contributed by atoms with Crippen molar-refractivity contribution >= 4 is 34.8 Å². The van der Waals surface area contributed by atoms with Crippen LogP contribution in [0.25, 0.3) is 0 Å². The molecule has 1 fully saturated rings. The minimum absolute atomic E-state index is 0.0700. The average Bonchev–Trinajstić information content (AvgIpc) is 3.19. The van der Waals surface area contributed by atoms with Gasteiger partial charge in [-0.3, -0.25) is 9.69 Å². The Morgan fingerprint density at radius 1 is 1.18 bits per heavy atom. The van der Waals surface area contributed by atoms with E-state index in [-0.39, 0.29) is 18.0 Å². The molecule has 0 saturated carbocycles. The quantitative estimate of drug-likeness (QED) is 0.696. The van der Waals surface area contributed by atoms with E-state index in [1.807, 2.05) is 25.1 Å². The van der Waals surface area contributed by atoms with Gasteiger partial charge in [-0.15, -0.1) is 0 Å². The van der Waals surface area contributed by atoms with Crippen LogP contribution < -0.4 is 14.8 Å². The fraction of sp³-hybridized carbons (Fsp3) is 0.381. The Bertz CT molecular complexity index is 860. The van der Waals surface area contributed by atoms with Crippen molar-refractivity contribution in [2.75, 3.05) is 26.1 Å². The lowest BCUT2D eigenvalue weighted by Crippen LogP contribution is -2.41. The van der Waals surface area contributed by atoms with E-state index in [4.69, 9.17) is 32.7 Å². The fourth-order valence-corrected chi connectivity index (χ4v) is 4.00. The van der Waals surface area contributed by atoms with Crippen molar-refractivity contribution < 1.29 is 14.3 Å². The molecule has 5 nitrogen and oxygen atoms in total. The summed E-state index contributed by atoms with van der Waals surface area (Å²) in [4.78, 5) is 15.1. The fourth-order valence-electron chi connectivity index (χ4n) is 3.67. The van der Waals surface area contributed by atoms with E-state index in [9.17, 15) is 4.79 Å². The number of benzene rings is 2. The second-order valence-corrected chi connectivity index (χ2v) is 7.64. The zero-order valence-electron chi connectivity index (χ0n) is 16.2. The van der Waals surface area contributed by atoms with Crippen LogP contribution in [0.1, 0.15) is 31.4 Å². The third-order valence-corrected chi connectivity index (χ3v) is 5.72. The molecule has 2 aromatic rings. The van der Waals surface area contributed by atoms with Gasteiger partial charge in [0.15, 0.2) is 0 Å². The molecule has 0 spiro atoms. The second kappa shape index (κ2) is 9.03. The van der Waals surface area contributed by atoms with E-state index in [2.05, 4.69) is 10.2 Å². The Morgan fingerprint density at radius 3 is 2.68 bits per heavy atom. The van der Waals surface area contributed by atoms with E-state index in [1.54, 1.807) is 32.4 Å². The van der Waals surface area contributed by atoms with Crippen LogP contribution in [0.3, 0.4) is 0 Å². The molecule has 1 heterocycles. The molecule has 1 N–H and O–H groups in total. The van der Waals surface area contributed by atoms with Gasteiger partial charge in [-0.2, -0.15) is 0 Å². The summed E-state index contributed by atoms with van der Waals surface area (Å²) >= 11 is 12.2. The van der Waals surface area contributed by atoms with E-state index in [1.165, 1.54) is 0 Å². The van der Waals surface area contributed by atoms with Gasteiger partial charge in [-0.05, 0) is 62.7 Å². The van der Waals surface area contributed by atoms with Crippen LogP contribution in [0, 0.1) is 0 Å². The smallest absolute Gasteiger partial charge is 0.241 e. The van der Waals surface area contributed by atoms with Gasteiger partial charge in [0, 0.05) is 16.6 Å². The number of ether oxygens (including phenoxy) is 2. The number of halogens is 2. The molecule has 2 aromatic carbocycles. The first-order chi connectivity index (χ1) is 13.4. The van der Waals surface area contributed by atoms with Gasteiger partial charge in [0.1, 0.15) is 11.5 Å². The Kier molecular flexibility index (Phi) is 6.70. The predicted octanol–water partition coefficient (Wildman–Crippen LogP) is 5.17. The van der Waals surface area contributed by atoms with Crippen molar-refractivity contribution in [3.8, 4) is 11.5 Å². The third-order valence-electron chi connectivity index (χ3n) is 5.15. The molecule has 0 unspecified atom stereocenters. The number of hydrogen-bond acceptors (Lipinski definition) is 4. The molecule has 2 atom stereocenters. The molecule has 28 heavy (non-hydrogen) atoms. The van der Waals surface area contributed by atoms with Crippen LogP contribution in [0.5, 0.6) is 11.5 Å². The SMILES string of the molecule is COc1ccc(OC)c([C@H]2CCCN2[C@@H](C)C(=O)Nc2cc(Cl)ccc2Cl)c1. The number of nitrogens with zero attached hydrogens (tertiary/aromatic N) is 1. The minimum Gasteiger partial charge on any atom is -0.497 e. The van der Waals surface area contributed by atoms with Crippen molar-refractivity contribution in [2.24, 2.45) is 0 Å². The molecule has 1 aliphatic rings. The van der Waals surface area contributed by atoms with Crippen molar-refractivity contribution in [1.82, 2.24) is 4.90 Å². The summed E-state index contributed by atoms with van der Waals surface area (Å²) in [5.41, 5.74) is 1.54. The zero-order valence-corrected chi connectivity index (χ0v) is 17.7. The maximum Gasteiger partial charge on any atom is 0.241 e. The van der Waals surface area contributed by atoms with Crippen molar-refractivity contribution in [3.63, 3.8) is 0 Å². The van der Waals surface area contributed by atoms with Gasteiger partial charge in [0.25, 0.3) is 0 Å². The predicted molar refractivity (Wildman–Crippen MR) is 113 cm³/mol. The maximum absolute atomic E-state index is 12.9. The number of nitrogens with one attached hydrogen (secondary N) is 1. The molecule has 0 radical (unpaired) electrons. The van der Waals surface area contributed by atoms with Gasteiger partial charge in [-0.1, -0.05) is 23.2 Å². The summed E-state index contributed by atoms with van der Waals surface area (Å²) in [5, 5.41) is 3.87. The van der Waals surface area contributed by atoms with Gasteiger partial charge in [0.05, 0.1) is 31.0 Å². The number of anilines is 1. The zero-order chi connectivity index (χ0) is 20.3. The summed E-state index contributed by atoms with van der Waals surface area (Å²) in [7, 11) is 3.30. The highest BCUT2D eigenvalue weighted by Crippen LogP contribution is 2.40. The van der Waals surface area contributed by atoms with Gasteiger partial charge >= 0.3 is 0 Å². The topological polar surface area (TPSA) is 50.8 Å². The lowest BCUT2D eigenvalue weighted by Gasteiger charge is -2.31. The molecular weight excluding hydrogens is 399 g/mol. The number of hydrogen-bond donors (Lipinski definition) is 1. The van der Waals surface area contributed by atoms with Gasteiger partial charge < -0.3 is 14.8 Å². The van der Waals surface area contributed by atoms with E-state index in [0.717, 1.165) is 36.4 Å². The first-order valence-electron chi connectivity index (χ1n) is 9.18. The van der Waals surface area contributed by atoms with Gasteiger partial charge in [0.2, 0.25) is 5.91 Å². The molecule has 0 bridgehead atoms. The minimum atomic E-state index is -0.349. The third kappa shape index (κ3) is 4.37. The Hall–Kier alpha value is -1.95. The molecule has 1 amide bonds. The largest absolute Gasteiger partial charge is 0.497 e. The van der Waals surface area contributed by atoms with Crippen LogP contribution >= 0.6 is 23.2 Å². The maximum atomic E-state index is 12.9. The molecular formula is C21H24Cl2N2O3. The summed E-state index contributed by atoms with van der Waals surface area (Å²) in [6, 6.07) is 10.5. The average molecular weight is 423 g/mol. The van der Waals surface area contributed by atoms with Crippen molar-refractivity contribution in [2.45, 2.75) is 31.8 Å². The Labute approximate surface area is 175 Å². The molecule has 7 heteroatoms. The highest BCUT2D eigenvalue weighted by Gasteiger charge is 2.34. The summed E-state index contributed by atoms with van der Waals surface area (Å²) in [6.07, 6.45) is 1.94. The Morgan fingerprint density at radius 2 is 1.96 bits per heavy atom. The number of carbonyl (C=O) groups excluding carboxylic acids is 1.